The third kappa shape index (κ3) is 5.71. The first-order chi connectivity index (χ1) is 16.3. The Bertz CT molecular complexity index is 1140. The Balaban J connectivity index is 1.48. The van der Waals surface area contributed by atoms with E-state index in [9.17, 15) is 13.2 Å². The molecule has 0 fully saturated rings. The summed E-state index contributed by atoms with van der Waals surface area (Å²) in [7, 11) is 0. The highest BCUT2D eigenvalue weighted by Crippen LogP contribution is 2.38. The molecule has 1 aromatic heterocycles. The summed E-state index contributed by atoms with van der Waals surface area (Å²) in [6, 6.07) is 9.60. The number of anilines is 3. The quantitative estimate of drug-likeness (QED) is 0.346. The summed E-state index contributed by atoms with van der Waals surface area (Å²) in [6.45, 7) is 1.90. The molecule has 0 saturated heterocycles. The van der Waals surface area contributed by atoms with E-state index in [1.165, 1.54) is 18.5 Å². The molecule has 0 radical (unpaired) electrons. The summed E-state index contributed by atoms with van der Waals surface area (Å²) < 4.78 is 44.5. The molecule has 0 amide bonds. The van der Waals surface area contributed by atoms with Gasteiger partial charge in [0.15, 0.2) is 5.82 Å². The summed E-state index contributed by atoms with van der Waals surface area (Å²) >= 11 is 6.37. The zero-order chi connectivity index (χ0) is 24.1. The number of halogens is 4. The molecule has 3 aromatic rings. The highest BCUT2D eigenvalue weighted by Gasteiger charge is 2.30. The first kappa shape index (κ1) is 24.1. The Morgan fingerprint density at radius 1 is 1.09 bits per heavy atom. The molecule has 0 aliphatic carbocycles. The molecule has 1 aliphatic rings. The molecule has 6 nitrogen and oxygen atoms in total. The van der Waals surface area contributed by atoms with Crippen molar-refractivity contribution in [2.24, 2.45) is 0 Å². The number of aromatic nitrogens is 2. The van der Waals surface area contributed by atoms with Crippen LogP contribution in [0.3, 0.4) is 0 Å². The molecule has 180 valence electrons. The number of hydrogen-bond acceptors (Lipinski definition) is 6. The number of rotatable bonds is 9. The van der Waals surface area contributed by atoms with Crippen LogP contribution in [0, 0.1) is 0 Å². The molecular weight excluding hydrogens is 469 g/mol. The number of fused-ring (bicyclic) bond motifs is 1. The predicted octanol–water partition coefficient (Wildman–Crippen LogP) is 6.21. The van der Waals surface area contributed by atoms with E-state index >= 15 is 0 Å². The summed E-state index contributed by atoms with van der Waals surface area (Å²) in [5.74, 6) is 0.945. The molecule has 4 rings (SSSR count). The fraction of sp³-hybridized carbons (Fsp3) is 0.333. The van der Waals surface area contributed by atoms with E-state index in [1.54, 1.807) is 18.2 Å². The van der Waals surface area contributed by atoms with Gasteiger partial charge in [-0.2, -0.15) is 13.2 Å². The van der Waals surface area contributed by atoms with Gasteiger partial charge in [-0.3, -0.25) is 0 Å². The van der Waals surface area contributed by atoms with Gasteiger partial charge in [0.2, 0.25) is 0 Å². The number of aliphatic hydroxyl groups excluding tert-OH is 1. The number of nitrogens with one attached hydrogen (secondary N) is 1. The van der Waals surface area contributed by atoms with Crippen molar-refractivity contribution in [3.63, 3.8) is 0 Å². The maximum atomic E-state index is 13.0. The van der Waals surface area contributed by atoms with Crippen molar-refractivity contribution in [3.8, 4) is 11.5 Å². The lowest BCUT2D eigenvalue weighted by molar-refractivity contribution is -0.137. The Kier molecular flexibility index (Phi) is 7.43. The molecule has 0 spiro atoms. The fourth-order valence-electron chi connectivity index (χ4n) is 3.85. The molecule has 2 aromatic carbocycles. The summed E-state index contributed by atoms with van der Waals surface area (Å²) in [6.07, 6.45) is 0.579. The third-order valence-corrected chi connectivity index (χ3v) is 5.80. The van der Waals surface area contributed by atoms with Gasteiger partial charge in [-0.05, 0) is 55.7 Å². The number of nitrogens with zero attached hydrogens (tertiary/aromatic N) is 3. The van der Waals surface area contributed by atoms with Crippen molar-refractivity contribution in [1.29, 1.82) is 0 Å². The van der Waals surface area contributed by atoms with Crippen molar-refractivity contribution >= 4 is 28.8 Å². The van der Waals surface area contributed by atoms with E-state index in [-0.39, 0.29) is 23.1 Å². The fourth-order valence-corrected chi connectivity index (χ4v) is 4.07. The summed E-state index contributed by atoms with van der Waals surface area (Å²) in [4.78, 5) is 11.0. The second kappa shape index (κ2) is 10.5. The van der Waals surface area contributed by atoms with Crippen LogP contribution in [0.5, 0.6) is 11.5 Å². The molecule has 0 unspecified atom stereocenters. The highest BCUT2D eigenvalue weighted by atomic mass is 35.5. The van der Waals surface area contributed by atoms with Crippen LogP contribution in [0.1, 0.15) is 30.5 Å². The lowest BCUT2D eigenvalue weighted by Crippen LogP contribution is -2.22. The topological polar surface area (TPSA) is 70.5 Å². The van der Waals surface area contributed by atoms with E-state index in [0.29, 0.717) is 11.5 Å². The molecule has 0 saturated carbocycles. The van der Waals surface area contributed by atoms with Crippen LogP contribution >= 0.6 is 11.6 Å². The minimum atomic E-state index is -4.46. The van der Waals surface area contributed by atoms with E-state index in [2.05, 4.69) is 20.2 Å². The van der Waals surface area contributed by atoms with E-state index in [0.717, 1.165) is 62.3 Å². The monoisotopic (exact) mass is 492 g/mol. The van der Waals surface area contributed by atoms with E-state index in [4.69, 9.17) is 21.4 Å². The van der Waals surface area contributed by atoms with Crippen LogP contribution in [0.25, 0.3) is 0 Å². The summed E-state index contributed by atoms with van der Waals surface area (Å²) in [5, 5.41) is 12.5. The number of hydrogen-bond donors (Lipinski definition) is 2. The number of aliphatic hydroxyl groups is 1. The minimum absolute atomic E-state index is 0.0443. The van der Waals surface area contributed by atoms with Gasteiger partial charge in [0.05, 0.1) is 16.3 Å². The van der Waals surface area contributed by atoms with Crippen molar-refractivity contribution in [2.75, 3.05) is 29.9 Å². The highest BCUT2D eigenvalue weighted by molar-refractivity contribution is 6.32. The second-order valence-corrected chi connectivity index (χ2v) is 8.34. The second-order valence-electron chi connectivity index (χ2n) is 7.94. The molecule has 1 aliphatic heterocycles. The van der Waals surface area contributed by atoms with Gasteiger partial charge in [0.1, 0.15) is 23.5 Å². The largest absolute Gasteiger partial charge is 0.456 e. The average molecular weight is 493 g/mol. The van der Waals surface area contributed by atoms with Gasteiger partial charge < -0.3 is 20.1 Å². The first-order valence-corrected chi connectivity index (χ1v) is 11.3. The van der Waals surface area contributed by atoms with Gasteiger partial charge in [-0.15, -0.1) is 0 Å². The molecule has 0 bridgehead atoms. The molecule has 10 heteroatoms. The van der Waals surface area contributed by atoms with Crippen LogP contribution in [0.2, 0.25) is 5.02 Å². The van der Waals surface area contributed by atoms with Crippen molar-refractivity contribution < 1.29 is 23.0 Å². The third-order valence-electron chi connectivity index (χ3n) is 5.50. The van der Waals surface area contributed by atoms with Gasteiger partial charge >= 0.3 is 6.18 Å². The smallest absolute Gasteiger partial charge is 0.416 e. The van der Waals surface area contributed by atoms with Gasteiger partial charge in [0.25, 0.3) is 0 Å². The van der Waals surface area contributed by atoms with Gasteiger partial charge in [0, 0.05) is 31.8 Å². The SMILES string of the molecule is OCCCCCN1CCc2ncnc(Nc3ccc(Oc4cccc(C(F)(F)F)c4)c(Cl)c3)c21. The molecule has 34 heavy (non-hydrogen) atoms. The van der Waals surface area contributed by atoms with Crippen molar-refractivity contribution in [2.45, 2.75) is 31.9 Å². The van der Waals surface area contributed by atoms with Crippen molar-refractivity contribution in [1.82, 2.24) is 9.97 Å². The standard InChI is InChI=1S/C24H24ClF3N4O2/c25-19-14-17(7-8-21(19)34-18-6-4-5-16(13-18)24(26,27)28)31-23-22-20(29-15-30-23)9-11-32(22)10-2-1-3-12-33/h4-8,13-15,33H,1-3,9-12H2,(H,29,30,31). The van der Waals surface area contributed by atoms with Gasteiger partial charge in [-0.1, -0.05) is 17.7 Å². The van der Waals surface area contributed by atoms with E-state index < -0.39 is 11.7 Å². The summed E-state index contributed by atoms with van der Waals surface area (Å²) in [5.41, 5.74) is 1.79. The molecular formula is C24H24ClF3N4O2. The first-order valence-electron chi connectivity index (χ1n) is 11.0. The number of ether oxygens (including phenoxy) is 1. The zero-order valence-corrected chi connectivity index (χ0v) is 19.0. The Labute approximate surface area is 200 Å². The number of benzene rings is 2. The maximum Gasteiger partial charge on any atom is 0.416 e. The van der Waals surface area contributed by atoms with Crippen LogP contribution in [-0.2, 0) is 12.6 Å². The maximum absolute atomic E-state index is 13.0. The Hall–Kier alpha value is -3.04. The van der Waals surface area contributed by atoms with Gasteiger partial charge in [-0.25, -0.2) is 9.97 Å². The van der Waals surface area contributed by atoms with Crippen molar-refractivity contribution in [3.05, 3.63) is 65.1 Å². The normalized spacial score (nSPS) is 13.1. The minimum Gasteiger partial charge on any atom is -0.456 e. The average Bonchev–Trinajstić information content (AvgIpc) is 3.22. The molecule has 2 heterocycles. The van der Waals surface area contributed by atoms with Crippen LogP contribution in [0.15, 0.2) is 48.8 Å². The van der Waals surface area contributed by atoms with Crippen LogP contribution in [0.4, 0.5) is 30.4 Å². The molecule has 0 atom stereocenters. The Morgan fingerprint density at radius 3 is 2.71 bits per heavy atom. The Morgan fingerprint density at radius 2 is 1.94 bits per heavy atom. The molecule has 2 N–H and O–H groups in total. The zero-order valence-electron chi connectivity index (χ0n) is 18.3. The van der Waals surface area contributed by atoms with Crippen LogP contribution in [-0.4, -0.2) is 34.8 Å². The lowest BCUT2D eigenvalue weighted by atomic mass is 10.2. The number of alkyl halides is 3. The van der Waals surface area contributed by atoms with Crippen LogP contribution < -0.4 is 15.0 Å². The predicted molar refractivity (Wildman–Crippen MR) is 125 cm³/mol. The number of unbranched alkanes of at least 4 members (excludes halogenated alkanes) is 2. The van der Waals surface area contributed by atoms with E-state index in [1.807, 2.05) is 0 Å². The lowest BCUT2D eigenvalue weighted by Gasteiger charge is -2.21.